The summed E-state index contributed by atoms with van der Waals surface area (Å²) in [5.74, 6) is 0.0306. The maximum atomic E-state index is 12.5. The molecule has 0 unspecified atom stereocenters. The van der Waals surface area contributed by atoms with Crippen LogP contribution in [0.3, 0.4) is 0 Å². The van der Waals surface area contributed by atoms with Gasteiger partial charge < -0.3 is 9.47 Å². The minimum absolute atomic E-state index is 0.0306. The Balaban J connectivity index is 1.65. The van der Waals surface area contributed by atoms with E-state index in [1.54, 1.807) is 17.4 Å². The fraction of sp³-hybridized carbons (Fsp3) is 0.158. The molecule has 0 saturated heterocycles. The number of amides is 1. The third kappa shape index (κ3) is 3.86. The Morgan fingerprint density at radius 2 is 1.78 bits per heavy atom. The minimum atomic E-state index is 0.0306. The van der Waals surface area contributed by atoms with Crippen molar-refractivity contribution in [3.63, 3.8) is 0 Å². The van der Waals surface area contributed by atoms with Gasteiger partial charge in [-0.05, 0) is 23.3 Å². The van der Waals surface area contributed by atoms with Crippen molar-refractivity contribution < 1.29 is 4.79 Å². The average molecular weight is 305 g/mol. The van der Waals surface area contributed by atoms with Crippen LogP contribution in [-0.4, -0.2) is 27.4 Å². The van der Waals surface area contributed by atoms with Gasteiger partial charge in [0.1, 0.15) is 0 Å². The van der Waals surface area contributed by atoms with Gasteiger partial charge in [-0.25, -0.2) is 4.98 Å². The summed E-state index contributed by atoms with van der Waals surface area (Å²) in [5.41, 5.74) is 2.98. The Bertz CT molecular complexity index is 749. The molecule has 0 atom stereocenters. The Hall–Kier alpha value is -2.88. The molecule has 0 radical (unpaired) electrons. The molecular weight excluding hydrogens is 286 g/mol. The number of carbonyl (C=O) groups excluding carboxylic acids is 1. The van der Waals surface area contributed by atoms with Crippen LogP contribution < -0.4 is 0 Å². The van der Waals surface area contributed by atoms with Gasteiger partial charge in [-0.1, -0.05) is 42.5 Å². The van der Waals surface area contributed by atoms with Crippen LogP contribution in [0.5, 0.6) is 0 Å². The predicted octanol–water partition coefficient (Wildman–Crippen LogP) is 3.20. The number of benzene rings is 2. The van der Waals surface area contributed by atoms with Crippen molar-refractivity contribution in [2.24, 2.45) is 0 Å². The molecule has 2 aromatic carbocycles. The standard InChI is InChI=1S/C19H19N3O/c1-21(13-16-5-3-2-4-6-16)19(23)18-9-7-17(8-10-18)14-22-12-11-20-15-22/h2-12,15H,13-14H2,1H3. The summed E-state index contributed by atoms with van der Waals surface area (Å²) >= 11 is 0. The van der Waals surface area contributed by atoms with Gasteiger partial charge >= 0.3 is 0 Å². The third-order valence-corrected chi connectivity index (χ3v) is 3.73. The molecule has 0 aliphatic carbocycles. The fourth-order valence-corrected chi connectivity index (χ4v) is 2.49. The lowest BCUT2D eigenvalue weighted by atomic mass is 10.1. The summed E-state index contributed by atoms with van der Waals surface area (Å²) in [7, 11) is 1.83. The SMILES string of the molecule is CN(Cc1ccccc1)C(=O)c1ccc(Cn2ccnc2)cc1. The first kappa shape index (κ1) is 15.0. The fourth-order valence-electron chi connectivity index (χ4n) is 2.49. The van der Waals surface area contributed by atoms with Crippen molar-refractivity contribution >= 4 is 5.91 Å². The lowest BCUT2D eigenvalue weighted by Crippen LogP contribution is -2.26. The summed E-state index contributed by atoms with van der Waals surface area (Å²) in [6.45, 7) is 1.37. The minimum Gasteiger partial charge on any atom is -0.337 e. The van der Waals surface area contributed by atoms with E-state index < -0.39 is 0 Å². The number of rotatable bonds is 5. The van der Waals surface area contributed by atoms with Crippen LogP contribution in [0.4, 0.5) is 0 Å². The van der Waals surface area contributed by atoms with Gasteiger partial charge in [-0.2, -0.15) is 0 Å². The molecule has 4 nitrogen and oxygen atoms in total. The molecule has 1 heterocycles. The molecule has 116 valence electrons. The van der Waals surface area contributed by atoms with E-state index in [-0.39, 0.29) is 5.91 Å². The molecule has 0 saturated carbocycles. The summed E-state index contributed by atoms with van der Waals surface area (Å²) < 4.78 is 2.00. The smallest absolute Gasteiger partial charge is 0.253 e. The van der Waals surface area contributed by atoms with E-state index in [9.17, 15) is 4.79 Å². The van der Waals surface area contributed by atoms with Crippen LogP contribution in [0.1, 0.15) is 21.5 Å². The average Bonchev–Trinajstić information content (AvgIpc) is 3.09. The summed E-state index contributed by atoms with van der Waals surface area (Å²) in [5, 5.41) is 0. The molecule has 0 aliphatic rings. The molecule has 0 aliphatic heterocycles. The van der Waals surface area contributed by atoms with E-state index in [2.05, 4.69) is 4.98 Å². The van der Waals surface area contributed by atoms with Crippen LogP contribution in [0, 0.1) is 0 Å². The van der Waals surface area contributed by atoms with Crippen LogP contribution >= 0.6 is 0 Å². The van der Waals surface area contributed by atoms with E-state index in [0.717, 1.165) is 17.7 Å². The zero-order valence-electron chi connectivity index (χ0n) is 13.1. The second-order valence-electron chi connectivity index (χ2n) is 5.58. The highest BCUT2D eigenvalue weighted by Gasteiger charge is 2.11. The van der Waals surface area contributed by atoms with Crippen LogP contribution in [0.25, 0.3) is 0 Å². The Kier molecular flexibility index (Phi) is 4.52. The van der Waals surface area contributed by atoms with Crippen molar-refractivity contribution in [1.82, 2.24) is 14.5 Å². The van der Waals surface area contributed by atoms with Crippen molar-refractivity contribution in [3.8, 4) is 0 Å². The van der Waals surface area contributed by atoms with Gasteiger partial charge in [0, 0.05) is 38.1 Å². The lowest BCUT2D eigenvalue weighted by Gasteiger charge is -2.17. The second-order valence-corrected chi connectivity index (χ2v) is 5.58. The Morgan fingerprint density at radius 1 is 1.04 bits per heavy atom. The highest BCUT2D eigenvalue weighted by atomic mass is 16.2. The first-order chi connectivity index (χ1) is 11.2. The van der Waals surface area contributed by atoms with Gasteiger partial charge in [0.15, 0.2) is 0 Å². The first-order valence-corrected chi connectivity index (χ1v) is 7.56. The molecule has 0 N–H and O–H groups in total. The number of imidazole rings is 1. The molecular formula is C19H19N3O. The summed E-state index contributed by atoms with van der Waals surface area (Å²) in [4.78, 5) is 18.3. The van der Waals surface area contributed by atoms with E-state index in [4.69, 9.17) is 0 Å². The summed E-state index contributed by atoms with van der Waals surface area (Å²) in [6, 6.07) is 17.7. The number of carbonyl (C=O) groups is 1. The highest BCUT2D eigenvalue weighted by molar-refractivity contribution is 5.94. The van der Waals surface area contributed by atoms with Gasteiger partial charge in [-0.15, -0.1) is 0 Å². The number of hydrogen-bond acceptors (Lipinski definition) is 2. The van der Waals surface area contributed by atoms with Gasteiger partial charge in [0.2, 0.25) is 0 Å². The monoisotopic (exact) mass is 305 g/mol. The Morgan fingerprint density at radius 3 is 2.43 bits per heavy atom. The molecule has 0 spiro atoms. The van der Waals surface area contributed by atoms with E-state index >= 15 is 0 Å². The van der Waals surface area contributed by atoms with Crippen molar-refractivity contribution in [1.29, 1.82) is 0 Å². The molecule has 0 fully saturated rings. The maximum absolute atomic E-state index is 12.5. The lowest BCUT2D eigenvalue weighted by molar-refractivity contribution is 0.0785. The molecule has 1 amide bonds. The number of nitrogens with zero attached hydrogens (tertiary/aromatic N) is 3. The van der Waals surface area contributed by atoms with Gasteiger partial charge in [0.05, 0.1) is 6.33 Å². The molecule has 0 bridgehead atoms. The van der Waals surface area contributed by atoms with Crippen molar-refractivity contribution in [2.75, 3.05) is 7.05 Å². The van der Waals surface area contributed by atoms with E-state index in [1.165, 1.54) is 0 Å². The molecule has 4 heteroatoms. The third-order valence-electron chi connectivity index (χ3n) is 3.73. The van der Waals surface area contributed by atoms with Crippen LogP contribution in [-0.2, 0) is 13.1 Å². The largest absolute Gasteiger partial charge is 0.337 e. The predicted molar refractivity (Wildman–Crippen MR) is 90.0 cm³/mol. The van der Waals surface area contributed by atoms with Crippen molar-refractivity contribution in [3.05, 3.63) is 90.0 Å². The van der Waals surface area contributed by atoms with E-state index in [1.807, 2.05) is 72.4 Å². The summed E-state index contributed by atoms with van der Waals surface area (Å²) in [6.07, 6.45) is 5.47. The molecule has 23 heavy (non-hydrogen) atoms. The quantitative estimate of drug-likeness (QED) is 0.726. The zero-order chi connectivity index (χ0) is 16.1. The molecule has 3 rings (SSSR count). The zero-order valence-corrected chi connectivity index (χ0v) is 13.1. The Labute approximate surface area is 136 Å². The topological polar surface area (TPSA) is 38.1 Å². The van der Waals surface area contributed by atoms with Crippen molar-refractivity contribution in [2.45, 2.75) is 13.1 Å². The molecule has 3 aromatic rings. The maximum Gasteiger partial charge on any atom is 0.253 e. The number of aromatic nitrogens is 2. The highest BCUT2D eigenvalue weighted by Crippen LogP contribution is 2.11. The normalized spacial score (nSPS) is 10.5. The van der Waals surface area contributed by atoms with Gasteiger partial charge in [-0.3, -0.25) is 4.79 Å². The first-order valence-electron chi connectivity index (χ1n) is 7.56. The van der Waals surface area contributed by atoms with Crippen LogP contribution in [0.2, 0.25) is 0 Å². The van der Waals surface area contributed by atoms with Gasteiger partial charge in [0.25, 0.3) is 5.91 Å². The molecule has 1 aromatic heterocycles. The van der Waals surface area contributed by atoms with Crippen LogP contribution in [0.15, 0.2) is 73.3 Å². The van der Waals surface area contributed by atoms with E-state index in [0.29, 0.717) is 12.1 Å². The number of hydrogen-bond donors (Lipinski definition) is 0. The second kappa shape index (κ2) is 6.92.